The van der Waals surface area contributed by atoms with Crippen molar-refractivity contribution in [1.29, 1.82) is 0 Å². The van der Waals surface area contributed by atoms with Gasteiger partial charge in [-0.15, -0.1) is 0 Å². The number of unbranched alkanes of at least 4 members (excludes halogenated alkanes) is 2. The summed E-state index contributed by atoms with van der Waals surface area (Å²) in [5, 5.41) is 14.6. The normalized spacial score (nSPS) is 15.4. The summed E-state index contributed by atoms with van der Waals surface area (Å²) in [5.41, 5.74) is 16.8. The lowest BCUT2D eigenvalue weighted by Crippen LogP contribution is -2.55. The predicted octanol–water partition coefficient (Wildman–Crippen LogP) is -0.328. The molecule has 9 nitrogen and oxygen atoms in total. The van der Waals surface area contributed by atoms with E-state index in [1.54, 1.807) is 6.92 Å². The number of carbonyl (C=O) groups is 3. The number of carboxylic acid groups (broad SMARTS) is 1. The highest BCUT2D eigenvalue weighted by atomic mass is 16.4. The van der Waals surface area contributed by atoms with Gasteiger partial charge in [-0.05, 0) is 51.1 Å². The Hall–Kier alpha value is -1.71. The Labute approximate surface area is 161 Å². The predicted molar refractivity (Wildman–Crippen MR) is 105 cm³/mol. The molecular weight excluding hydrogens is 350 g/mol. The van der Waals surface area contributed by atoms with Gasteiger partial charge in [0.2, 0.25) is 11.8 Å². The Morgan fingerprint density at radius 3 is 1.96 bits per heavy atom. The molecule has 27 heavy (non-hydrogen) atoms. The number of hydrogen-bond donors (Lipinski definition) is 6. The molecule has 0 bridgehead atoms. The Kier molecular flexibility index (Phi) is 13.5. The zero-order chi connectivity index (χ0) is 20.8. The third kappa shape index (κ3) is 10.3. The third-order valence-electron chi connectivity index (χ3n) is 4.66. The van der Waals surface area contributed by atoms with Crippen molar-refractivity contribution in [2.45, 2.75) is 76.9 Å². The van der Waals surface area contributed by atoms with E-state index in [0.717, 1.165) is 12.8 Å². The molecule has 0 rings (SSSR count). The molecule has 0 aromatic heterocycles. The topological polar surface area (TPSA) is 174 Å². The summed E-state index contributed by atoms with van der Waals surface area (Å²) in [6, 6.07) is -2.57. The summed E-state index contributed by atoms with van der Waals surface area (Å²) in [6.45, 7) is 4.62. The van der Waals surface area contributed by atoms with Crippen molar-refractivity contribution < 1.29 is 19.5 Å². The summed E-state index contributed by atoms with van der Waals surface area (Å²) in [4.78, 5) is 36.4. The van der Waals surface area contributed by atoms with E-state index in [-0.39, 0.29) is 5.92 Å². The van der Waals surface area contributed by atoms with Gasteiger partial charge in [-0.1, -0.05) is 26.7 Å². The zero-order valence-corrected chi connectivity index (χ0v) is 16.6. The number of nitrogens with two attached hydrogens (primary N) is 3. The summed E-state index contributed by atoms with van der Waals surface area (Å²) in [7, 11) is 0. The molecule has 4 atom stereocenters. The van der Waals surface area contributed by atoms with Gasteiger partial charge >= 0.3 is 5.97 Å². The fourth-order valence-corrected chi connectivity index (χ4v) is 2.62. The molecule has 158 valence electrons. The molecule has 0 heterocycles. The fraction of sp³-hybridized carbons (Fsp3) is 0.833. The van der Waals surface area contributed by atoms with Crippen LogP contribution >= 0.6 is 0 Å². The second-order valence-corrected chi connectivity index (χ2v) is 6.95. The Morgan fingerprint density at radius 1 is 0.926 bits per heavy atom. The maximum atomic E-state index is 12.6. The van der Waals surface area contributed by atoms with Crippen LogP contribution in [-0.2, 0) is 14.4 Å². The minimum Gasteiger partial charge on any atom is -0.480 e. The molecule has 0 spiro atoms. The van der Waals surface area contributed by atoms with Crippen molar-refractivity contribution in [2.75, 3.05) is 13.1 Å². The van der Waals surface area contributed by atoms with Gasteiger partial charge in [0.15, 0.2) is 0 Å². The van der Waals surface area contributed by atoms with Gasteiger partial charge in [-0.25, -0.2) is 4.79 Å². The monoisotopic (exact) mass is 387 g/mol. The third-order valence-corrected chi connectivity index (χ3v) is 4.66. The number of amides is 2. The van der Waals surface area contributed by atoms with Gasteiger partial charge in [-0.2, -0.15) is 0 Å². The molecule has 0 saturated heterocycles. The Morgan fingerprint density at radius 2 is 1.48 bits per heavy atom. The average Bonchev–Trinajstić information content (AvgIpc) is 2.64. The highest BCUT2D eigenvalue weighted by Crippen LogP contribution is 2.10. The van der Waals surface area contributed by atoms with Gasteiger partial charge in [0.25, 0.3) is 0 Å². The first-order chi connectivity index (χ1) is 12.8. The number of rotatable bonds is 15. The number of aliphatic carboxylic acids is 1. The molecule has 0 fully saturated rings. The number of nitrogens with one attached hydrogen (secondary N) is 2. The lowest BCUT2D eigenvalue weighted by Gasteiger charge is -2.25. The highest BCUT2D eigenvalue weighted by Gasteiger charge is 2.30. The van der Waals surface area contributed by atoms with Crippen LogP contribution < -0.4 is 27.8 Å². The quantitative estimate of drug-likeness (QED) is 0.209. The standard InChI is InChI=1S/C18H37N5O4/c1-3-12(2)15(18(26)27)23-17(25)14(9-5-7-11-20)22-16(24)13(21)8-4-6-10-19/h12-15H,3-11,19-21H2,1-2H3,(H,22,24)(H,23,25)(H,26,27)/t12-,13+,14+,15-/m0/s1. The molecule has 2 amide bonds. The minimum absolute atomic E-state index is 0.231. The van der Waals surface area contributed by atoms with E-state index >= 15 is 0 Å². The van der Waals surface area contributed by atoms with Gasteiger partial charge in [-0.3, -0.25) is 9.59 Å². The second-order valence-electron chi connectivity index (χ2n) is 6.95. The van der Waals surface area contributed by atoms with Gasteiger partial charge < -0.3 is 32.9 Å². The molecule has 0 aromatic carbocycles. The maximum absolute atomic E-state index is 12.6. The fourth-order valence-electron chi connectivity index (χ4n) is 2.62. The highest BCUT2D eigenvalue weighted by molar-refractivity contribution is 5.91. The summed E-state index contributed by atoms with van der Waals surface area (Å²) in [6.07, 6.45) is 4.30. The van der Waals surface area contributed by atoms with E-state index in [4.69, 9.17) is 17.2 Å². The zero-order valence-electron chi connectivity index (χ0n) is 16.6. The summed E-state index contributed by atoms with van der Waals surface area (Å²) < 4.78 is 0. The number of carbonyl (C=O) groups excluding carboxylic acids is 2. The largest absolute Gasteiger partial charge is 0.480 e. The minimum atomic E-state index is -1.09. The lowest BCUT2D eigenvalue weighted by atomic mass is 9.98. The second kappa shape index (κ2) is 14.4. The molecular formula is C18H37N5O4. The first kappa shape index (κ1) is 25.3. The van der Waals surface area contributed by atoms with E-state index in [0.29, 0.717) is 45.2 Å². The lowest BCUT2D eigenvalue weighted by molar-refractivity contribution is -0.143. The van der Waals surface area contributed by atoms with E-state index < -0.39 is 35.9 Å². The van der Waals surface area contributed by atoms with Crippen LogP contribution in [-0.4, -0.2) is 54.1 Å². The van der Waals surface area contributed by atoms with Gasteiger partial charge in [0.1, 0.15) is 12.1 Å². The van der Waals surface area contributed by atoms with Crippen LogP contribution in [0.2, 0.25) is 0 Å². The number of carboxylic acids is 1. The first-order valence-electron chi connectivity index (χ1n) is 9.77. The van der Waals surface area contributed by atoms with Gasteiger partial charge in [0.05, 0.1) is 6.04 Å². The van der Waals surface area contributed by atoms with Crippen LogP contribution in [0.4, 0.5) is 0 Å². The van der Waals surface area contributed by atoms with E-state index in [1.165, 1.54) is 0 Å². The SMILES string of the molecule is CC[C@H](C)[C@H](NC(=O)[C@@H](CCCCN)NC(=O)[C@H](N)CCCCN)C(=O)O. The van der Waals surface area contributed by atoms with Crippen molar-refractivity contribution in [3.05, 3.63) is 0 Å². The van der Waals surface area contributed by atoms with Crippen molar-refractivity contribution in [1.82, 2.24) is 10.6 Å². The molecule has 0 aliphatic carbocycles. The van der Waals surface area contributed by atoms with Crippen molar-refractivity contribution in [3.63, 3.8) is 0 Å². The van der Waals surface area contributed by atoms with E-state index in [9.17, 15) is 19.5 Å². The molecule has 0 radical (unpaired) electrons. The number of hydrogen-bond acceptors (Lipinski definition) is 6. The van der Waals surface area contributed by atoms with Crippen LogP contribution in [0.1, 0.15) is 58.8 Å². The van der Waals surface area contributed by atoms with Crippen molar-refractivity contribution in [2.24, 2.45) is 23.1 Å². The Balaban J connectivity index is 4.96. The van der Waals surface area contributed by atoms with Crippen LogP contribution in [0.15, 0.2) is 0 Å². The molecule has 9 N–H and O–H groups in total. The summed E-state index contributed by atoms with van der Waals surface area (Å²) >= 11 is 0. The molecule has 0 unspecified atom stereocenters. The summed E-state index contributed by atoms with van der Waals surface area (Å²) in [5.74, 6) is -2.26. The maximum Gasteiger partial charge on any atom is 0.326 e. The van der Waals surface area contributed by atoms with Crippen molar-refractivity contribution >= 4 is 17.8 Å². The van der Waals surface area contributed by atoms with Crippen molar-refractivity contribution in [3.8, 4) is 0 Å². The smallest absolute Gasteiger partial charge is 0.326 e. The molecule has 0 aliphatic heterocycles. The van der Waals surface area contributed by atoms with Gasteiger partial charge in [0, 0.05) is 0 Å². The van der Waals surface area contributed by atoms with Crippen LogP contribution in [0.25, 0.3) is 0 Å². The Bertz CT molecular complexity index is 461. The average molecular weight is 388 g/mol. The first-order valence-corrected chi connectivity index (χ1v) is 9.77. The van der Waals surface area contributed by atoms with Crippen LogP contribution in [0.3, 0.4) is 0 Å². The molecule has 9 heteroatoms. The van der Waals surface area contributed by atoms with Crippen LogP contribution in [0, 0.1) is 5.92 Å². The molecule has 0 aliphatic rings. The van der Waals surface area contributed by atoms with E-state index in [1.807, 2.05) is 6.92 Å². The molecule has 0 saturated carbocycles. The molecule has 0 aromatic rings. The van der Waals surface area contributed by atoms with E-state index in [2.05, 4.69) is 10.6 Å². The van der Waals surface area contributed by atoms with Crippen LogP contribution in [0.5, 0.6) is 0 Å².